The first-order valence-corrected chi connectivity index (χ1v) is 5.47. The van der Waals surface area contributed by atoms with Gasteiger partial charge in [0.15, 0.2) is 0 Å². The molecule has 0 aliphatic rings. The molecule has 0 amide bonds. The number of hydrogen-bond acceptors (Lipinski definition) is 3. The summed E-state index contributed by atoms with van der Waals surface area (Å²) in [7, 11) is 0. The fourth-order valence-corrected chi connectivity index (χ4v) is 2.01. The molecule has 0 aliphatic carbocycles. The minimum absolute atomic E-state index is 0. The number of aromatic amines is 1. The third-order valence-electron chi connectivity index (χ3n) is 2.59. The number of aromatic nitrogens is 3. The molecule has 6 heteroatoms. The SMILES string of the molecule is Cl.Nc1nccc(-c2c[nH]c3cc(Cl)ccc23)n1. The van der Waals surface area contributed by atoms with E-state index in [1.165, 1.54) is 0 Å². The zero-order valence-corrected chi connectivity index (χ0v) is 10.8. The number of halogens is 2. The average Bonchev–Trinajstić information content (AvgIpc) is 2.71. The Kier molecular flexibility index (Phi) is 3.41. The second-order valence-corrected chi connectivity index (χ2v) is 4.13. The summed E-state index contributed by atoms with van der Waals surface area (Å²) in [6, 6.07) is 7.52. The fourth-order valence-electron chi connectivity index (χ4n) is 1.83. The van der Waals surface area contributed by atoms with Gasteiger partial charge in [0.2, 0.25) is 5.95 Å². The van der Waals surface area contributed by atoms with Gasteiger partial charge >= 0.3 is 0 Å². The van der Waals surface area contributed by atoms with Crippen LogP contribution in [-0.4, -0.2) is 15.0 Å². The molecule has 2 heterocycles. The molecule has 0 radical (unpaired) electrons. The van der Waals surface area contributed by atoms with Crippen LogP contribution >= 0.6 is 24.0 Å². The summed E-state index contributed by atoms with van der Waals surface area (Å²) in [5, 5.41) is 1.76. The summed E-state index contributed by atoms with van der Waals surface area (Å²) < 4.78 is 0. The Balaban J connectivity index is 0.00000120. The second-order valence-electron chi connectivity index (χ2n) is 3.69. The molecular formula is C12H10Cl2N4. The smallest absolute Gasteiger partial charge is 0.220 e. The number of nitrogens with one attached hydrogen (secondary N) is 1. The van der Waals surface area contributed by atoms with E-state index in [0.717, 1.165) is 22.2 Å². The number of nitrogen functional groups attached to an aromatic ring is 1. The van der Waals surface area contributed by atoms with Gasteiger partial charge in [0.05, 0.1) is 5.69 Å². The summed E-state index contributed by atoms with van der Waals surface area (Å²) in [5.41, 5.74) is 8.34. The largest absolute Gasteiger partial charge is 0.368 e. The first kappa shape index (κ1) is 12.7. The topological polar surface area (TPSA) is 67.6 Å². The van der Waals surface area contributed by atoms with E-state index in [1.54, 1.807) is 6.20 Å². The third-order valence-corrected chi connectivity index (χ3v) is 2.83. The summed E-state index contributed by atoms with van der Waals surface area (Å²) >= 11 is 5.93. The Morgan fingerprint density at radius 1 is 1.22 bits per heavy atom. The maximum atomic E-state index is 5.93. The van der Waals surface area contributed by atoms with E-state index in [0.29, 0.717) is 5.02 Å². The van der Waals surface area contributed by atoms with Crippen LogP contribution in [0.3, 0.4) is 0 Å². The molecule has 3 N–H and O–H groups in total. The molecule has 1 aromatic carbocycles. The van der Waals surface area contributed by atoms with Crippen molar-refractivity contribution in [2.24, 2.45) is 0 Å². The lowest BCUT2D eigenvalue weighted by Crippen LogP contribution is -1.94. The Bertz CT molecular complexity index is 693. The van der Waals surface area contributed by atoms with Crippen LogP contribution in [0.15, 0.2) is 36.7 Å². The Morgan fingerprint density at radius 2 is 2.06 bits per heavy atom. The lowest BCUT2D eigenvalue weighted by atomic mass is 10.1. The van der Waals surface area contributed by atoms with Crippen LogP contribution in [0.1, 0.15) is 0 Å². The van der Waals surface area contributed by atoms with Crippen molar-refractivity contribution in [1.29, 1.82) is 0 Å². The zero-order valence-electron chi connectivity index (χ0n) is 9.22. The number of fused-ring (bicyclic) bond motifs is 1. The van der Waals surface area contributed by atoms with Crippen molar-refractivity contribution >= 4 is 40.9 Å². The van der Waals surface area contributed by atoms with E-state index < -0.39 is 0 Å². The van der Waals surface area contributed by atoms with Gasteiger partial charge in [-0.3, -0.25) is 0 Å². The summed E-state index contributed by atoms with van der Waals surface area (Å²) in [6.45, 7) is 0. The van der Waals surface area contributed by atoms with Gasteiger partial charge in [0.1, 0.15) is 0 Å². The first-order chi connectivity index (χ1) is 8.24. The average molecular weight is 281 g/mol. The van der Waals surface area contributed by atoms with Gasteiger partial charge < -0.3 is 10.7 Å². The number of rotatable bonds is 1. The van der Waals surface area contributed by atoms with Crippen LogP contribution in [0.25, 0.3) is 22.2 Å². The molecule has 92 valence electrons. The molecule has 0 saturated carbocycles. The third kappa shape index (κ3) is 2.12. The van der Waals surface area contributed by atoms with E-state index in [4.69, 9.17) is 17.3 Å². The standard InChI is InChI=1S/C12H9ClN4.ClH/c13-7-1-2-8-9(6-16-11(8)5-7)10-3-4-15-12(14)17-10;/h1-6,16H,(H2,14,15,17);1H. The number of benzene rings is 1. The van der Waals surface area contributed by atoms with Crippen molar-refractivity contribution in [2.45, 2.75) is 0 Å². The number of anilines is 1. The Morgan fingerprint density at radius 3 is 2.83 bits per heavy atom. The molecule has 0 aliphatic heterocycles. The molecule has 0 bridgehead atoms. The van der Waals surface area contributed by atoms with Crippen molar-refractivity contribution in [3.8, 4) is 11.3 Å². The van der Waals surface area contributed by atoms with E-state index >= 15 is 0 Å². The number of nitrogens with zero attached hydrogens (tertiary/aromatic N) is 2. The lowest BCUT2D eigenvalue weighted by molar-refractivity contribution is 1.19. The highest BCUT2D eigenvalue weighted by molar-refractivity contribution is 6.31. The molecule has 3 aromatic rings. The highest BCUT2D eigenvalue weighted by Gasteiger charge is 2.07. The second kappa shape index (κ2) is 4.84. The molecule has 2 aromatic heterocycles. The van der Waals surface area contributed by atoms with Crippen molar-refractivity contribution in [2.75, 3.05) is 5.73 Å². The van der Waals surface area contributed by atoms with Crippen LogP contribution in [0, 0.1) is 0 Å². The van der Waals surface area contributed by atoms with Gasteiger partial charge in [0.25, 0.3) is 0 Å². The van der Waals surface area contributed by atoms with Crippen LogP contribution in [0.4, 0.5) is 5.95 Å². The minimum atomic E-state index is 0. The van der Waals surface area contributed by atoms with E-state index in [9.17, 15) is 0 Å². The maximum absolute atomic E-state index is 5.93. The summed E-state index contributed by atoms with van der Waals surface area (Å²) in [6.07, 6.45) is 3.54. The highest BCUT2D eigenvalue weighted by Crippen LogP contribution is 2.28. The normalized spacial score (nSPS) is 10.3. The fraction of sp³-hybridized carbons (Fsp3) is 0. The molecule has 3 rings (SSSR count). The van der Waals surface area contributed by atoms with E-state index in [1.807, 2.05) is 30.5 Å². The van der Waals surface area contributed by atoms with Crippen LogP contribution < -0.4 is 5.73 Å². The van der Waals surface area contributed by atoms with Gasteiger partial charge in [-0.25, -0.2) is 9.97 Å². The monoisotopic (exact) mass is 280 g/mol. The van der Waals surface area contributed by atoms with Crippen molar-refractivity contribution in [3.63, 3.8) is 0 Å². The number of H-pyrrole nitrogens is 1. The predicted octanol–water partition coefficient (Wildman–Crippen LogP) is 3.28. The molecule has 0 atom stereocenters. The van der Waals surface area contributed by atoms with E-state index in [-0.39, 0.29) is 18.4 Å². The van der Waals surface area contributed by atoms with Crippen molar-refractivity contribution < 1.29 is 0 Å². The first-order valence-electron chi connectivity index (χ1n) is 5.09. The minimum Gasteiger partial charge on any atom is -0.368 e. The molecule has 4 nitrogen and oxygen atoms in total. The van der Waals surface area contributed by atoms with Crippen molar-refractivity contribution in [3.05, 3.63) is 41.7 Å². The Hall–Kier alpha value is -1.78. The zero-order chi connectivity index (χ0) is 11.8. The number of nitrogens with two attached hydrogens (primary N) is 1. The molecular weight excluding hydrogens is 271 g/mol. The van der Waals surface area contributed by atoms with Gasteiger partial charge in [-0.15, -0.1) is 12.4 Å². The molecule has 0 unspecified atom stereocenters. The predicted molar refractivity (Wildman–Crippen MR) is 76.0 cm³/mol. The number of hydrogen-bond donors (Lipinski definition) is 2. The highest BCUT2D eigenvalue weighted by atomic mass is 35.5. The van der Waals surface area contributed by atoms with Gasteiger partial charge in [-0.2, -0.15) is 0 Å². The molecule has 18 heavy (non-hydrogen) atoms. The molecule has 0 fully saturated rings. The summed E-state index contributed by atoms with van der Waals surface area (Å²) in [5.74, 6) is 0.269. The molecule has 0 saturated heterocycles. The van der Waals surface area contributed by atoms with Gasteiger partial charge in [-0.1, -0.05) is 17.7 Å². The van der Waals surface area contributed by atoms with Crippen LogP contribution in [-0.2, 0) is 0 Å². The van der Waals surface area contributed by atoms with Crippen molar-refractivity contribution in [1.82, 2.24) is 15.0 Å². The van der Waals surface area contributed by atoms with Gasteiger partial charge in [-0.05, 0) is 18.2 Å². The Labute approximate surface area is 115 Å². The van der Waals surface area contributed by atoms with Crippen LogP contribution in [0.2, 0.25) is 5.02 Å². The van der Waals surface area contributed by atoms with Crippen LogP contribution in [0.5, 0.6) is 0 Å². The van der Waals surface area contributed by atoms with E-state index in [2.05, 4.69) is 15.0 Å². The maximum Gasteiger partial charge on any atom is 0.220 e. The van der Waals surface area contributed by atoms with Gasteiger partial charge in [0, 0.05) is 33.9 Å². The quantitative estimate of drug-likeness (QED) is 0.719. The summed E-state index contributed by atoms with van der Waals surface area (Å²) in [4.78, 5) is 11.2. The molecule has 0 spiro atoms. The lowest BCUT2D eigenvalue weighted by Gasteiger charge is -1.99.